The lowest BCUT2D eigenvalue weighted by Gasteiger charge is -2.28. The number of rotatable bonds is 4. The molecular weight excluding hydrogens is 292 g/mol. The van der Waals surface area contributed by atoms with Crippen LogP contribution >= 0.6 is 0 Å². The highest BCUT2D eigenvalue weighted by molar-refractivity contribution is 5.90. The smallest absolute Gasteiger partial charge is 0.244 e. The molecule has 2 aromatic rings. The maximum absolute atomic E-state index is 12.0. The van der Waals surface area contributed by atoms with Gasteiger partial charge < -0.3 is 10.2 Å². The predicted molar refractivity (Wildman–Crippen MR) is 85.9 cm³/mol. The Morgan fingerprint density at radius 1 is 1.22 bits per heavy atom. The van der Waals surface area contributed by atoms with Gasteiger partial charge in [0.15, 0.2) is 0 Å². The maximum Gasteiger partial charge on any atom is 0.244 e. The fourth-order valence-electron chi connectivity index (χ4n) is 2.72. The highest BCUT2D eigenvalue weighted by Gasteiger charge is 2.11. The van der Waals surface area contributed by atoms with E-state index in [-0.39, 0.29) is 18.3 Å². The zero-order valence-electron chi connectivity index (χ0n) is 12.8. The standard InChI is InChI=1S/C16H18N6O/c17-10-15-20-18-12-22(15)11-16(23)19-13-4-6-14(7-5-13)21-8-2-1-3-9-21/h4-7,12H,1-3,8-9,11H2,(H,19,23). The number of amides is 1. The normalized spacial score (nSPS) is 14.3. The molecule has 1 amide bonds. The van der Waals surface area contributed by atoms with Gasteiger partial charge in [0.25, 0.3) is 0 Å². The lowest BCUT2D eigenvalue weighted by molar-refractivity contribution is -0.116. The molecule has 23 heavy (non-hydrogen) atoms. The van der Waals surface area contributed by atoms with Crippen molar-refractivity contribution in [1.82, 2.24) is 14.8 Å². The van der Waals surface area contributed by atoms with Crippen molar-refractivity contribution < 1.29 is 4.79 Å². The first-order valence-electron chi connectivity index (χ1n) is 7.69. The van der Waals surface area contributed by atoms with Crippen LogP contribution in [0.5, 0.6) is 0 Å². The third-order valence-corrected chi connectivity index (χ3v) is 3.90. The molecule has 1 aliphatic heterocycles. The van der Waals surface area contributed by atoms with Crippen LogP contribution in [0.25, 0.3) is 0 Å². The Balaban J connectivity index is 1.59. The number of benzene rings is 1. The number of nitrogens with one attached hydrogen (secondary N) is 1. The SMILES string of the molecule is N#Cc1nncn1CC(=O)Nc1ccc(N2CCCCC2)cc1. The van der Waals surface area contributed by atoms with E-state index in [1.54, 1.807) is 0 Å². The lowest BCUT2D eigenvalue weighted by Crippen LogP contribution is -2.29. The number of carbonyl (C=O) groups excluding carboxylic acids is 1. The van der Waals surface area contributed by atoms with E-state index >= 15 is 0 Å². The molecule has 1 fully saturated rings. The Labute approximate surface area is 134 Å². The summed E-state index contributed by atoms with van der Waals surface area (Å²) in [6.07, 6.45) is 5.15. The van der Waals surface area contributed by atoms with Gasteiger partial charge in [-0.25, -0.2) is 0 Å². The molecule has 0 aliphatic carbocycles. The topological polar surface area (TPSA) is 86.8 Å². The summed E-state index contributed by atoms with van der Waals surface area (Å²) >= 11 is 0. The number of nitriles is 1. The summed E-state index contributed by atoms with van der Waals surface area (Å²) < 4.78 is 1.41. The van der Waals surface area contributed by atoms with Gasteiger partial charge in [-0.2, -0.15) is 5.26 Å². The Bertz CT molecular complexity index is 709. The van der Waals surface area contributed by atoms with Gasteiger partial charge in [0, 0.05) is 24.5 Å². The van der Waals surface area contributed by atoms with E-state index in [1.165, 1.54) is 35.8 Å². The van der Waals surface area contributed by atoms with Gasteiger partial charge in [0.1, 0.15) is 18.9 Å². The Morgan fingerprint density at radius 3 is 2.65 bits per heavy atom. The summed E-state index contributed by atoms with van der Waals surface area (Å²) in [6.45, 7) is 2.20. The zero-order chi connectivity index (χ0) is 16.1. The van der Waals surface area contributed by atoms with Gasteiger partial charge in [-0.1, -0.05) is 0 Å². The van der Waals surface area contributed by atoms with Crippen LogP contribution < -0.4 is 10.2 Å². The number of hydrogen-bond acceptors (Lipinski definition) is 5. The van der Waals surface area contributed by atoms with E-state index < -0.39 is 0 Å². The number of anilines is 2. The van der Waals surface area contributed by atoms with Gasteiger partial charge in [0.05, 0.1) is 0 Å². The molecule has 118 valence electrons. The van der Waals surface area contributed by atoms with E-state index in [2.05, 4.69) is 20.4 Å². The van der Waals surface area contributed by atoms with Crippen LogP contribution in [-0.4, -0.2) is 33.8 Å². The second kappa shape index (κ2) is 6.92. The summed E-state index contributed by atoms with van der Waals surface area (Å²) in [7, 11) is 0. The minimum atomic E-state index is -0.216. The molecule has 1 aromatic carbocycles. The molecule has 7 heteroatoms. The number of carbonyl (C=O) groups is 1. The van der Waals surface area contributed by atoms with Crippen molar-refractivity contribution in [3.05, 3.63) is 36.4 Å². The van der Waals surface area contributed by atoms with Crippen LogP contribution in [0.15, 0.2) is 30.6 Å². The molecule has 2 heterocycles. The van der Waals surface area contributed by atoms with Gasteiger partial charge >= 0.3 is 0 Å². The van der Waals surface area contributed by atoms with Crippen LogP contribution in [0.4, 0.5) is 11.4 Å². The van der Waals surface area contributed by atoms with Crippen molar-refractivity contribution in [2.75, 3.05) is 23.3 Å². The molecule has 0 spiro atoms. The largest absolute Gasteiger partial charge is 0.372 e. The number of hydrogen-bond donors (Lipinski definition) is 1. The van der Waals surface area contributed by atoms with E-state index in [0.29, 0.717) is 0 Å². The molecule has 1 aliphatic rings. The Kier molecular flexibility index (Phi) is 4.52. The molecule has 1 aromatic heterocycles. The van der Waals surface area contributed by atoms with E-state index in [0.717, 1.165) is 18.8 Å². The third-order valence-electron chi connectivity index (χ3n) is 3.90. The zero-order valence-corrected chi connectivity index (χ0v) is 12.8. The second-order valence-corrected chi connectivity index (χ2v) is 5.54. The molecule has 1 N–H and O–H groups in total. The first-order chi connectivity index (χ1) is 11.3. The summed E-state index contributed by atoms with van der Waals surface area (Å²) in [4.78, 5) is 14.4. The molecule has 1 saturated heterocycles. The number of piperidine rings is 1. The fourth-order valence-corrected chi connectivity index (χ4v) is 2.72. The monoisotopic (exact) mass is 310 g/mol. The van der Waals surface area contributed by atoms with E-state index in [9.17, 15) is 4.79 Å². The summed E-state index contributed by atoms with van der Waals surface area (Å²) in [5.74, 6) is -0.0902. The molecular formula is C16H18N6O. The average Bonchev–Trinajstić information content (AvgIpc) is 3.03. The van der Waals surface area contributed by atoms with Crippen LogP contribution in [0, 0.1) is 11.3 Å². The van der Waals surface area contributed by atoms with Crippen molar-refractivity contribution in [3.8, 4) is 6.07 Å². The first-order valence-corrected chi connectivity index (χ1v) is 7.69. The highest BCUT2D eigenvalue weighted by Crippen LogP contribution is 2.21. The van der Waals surface area contributed by atoms with Crippen LogP contribution in [0.2, 0.25) is 0 Å². The maximum atomic E-state index is 12.0. The van der Waals surface area contributed by atoms with Gasteiger partial charge in [0.2, 0.25) is 11.7 Å². The van der Waals surface area contributed by atoms with Gasteiger partial charge in [-0.05, 0) is 43.5 Å². The van der Waals surface area contributed by atoms with Crippen molar-refractivity contribution in [2.24, 2.45) is 0 Å². The average molecular weight is 310 g/mol. The summed E-state index contributed by atoms with van der Waals surface area (Å²) in [5.41, 5.74) is 1.93. The van der Waals surface area contributed by atoms with Crippen LogP contribution in [0.1, 0.15) is 25.1 Å². The number of nitrogens with zero attached hydrogens (tertiary/aromatic N) is 5. The highest BCUT2D eigenvalue weighted by atomic mass is 16.1. The minimum absolute atomic E-state index is 0.0176. The van der Waals surface area contributed by atoms with Crippen molar-refractivity contribution in [1.29, 1.82) is 5.26 Å². The lowest BCUT2D eigenvalue weighted by atomic mass is 10.1. The molecule has 0 bridgehead atoms. The third kappa shape index (κ3) is 3.66. The van der Waals surface area contributed by atoms with E-state index in [1.807, 2.05) is 30.3 Å². The minimum Gasteiger partial charge on any atom is -0.372 e. The van der Waals surface area contributed by atoms with Crippen molar-refractivity contribution in [3.63, 3.8) is 0 Å². The molecule has 0 atom stereocenters. The molecule has 3 rings (SSSR count). The van der Waals surface area contributed by atoms with Crippen molar-refractivity contribution >= 4 is 17.3 Å². The Morgan fingerprint density at radius 2 is 1.96 bits per heavy atom. The molecule has 0 saturated carbocycles. The Hall–Kier alpha value is -2.88. The molecule has 0 unspecified atom stereocenters. The fraction of sp³-hybridized carbons (Fsp3) is 0.375. The van der Waals surface area contributed by atoms with Crippen molar-refractivity contribution in [2.45, 2.75) is 25.8 Å². The van der Waals surface area contributed by atoms with Gasteiger partial charge in [-0.15, -0.1) is 10.2 Å². The van der Waals surface area contributed by atoms with E-state index in [4.69, 9.17) is 5.26 Å². The second-order valence-electron chi connectivity index (χ2n) is 5.54. The molecule has 0 radical (unpaired) electrons. The number of aromatic nitrogens is 3. The van der Waals surface area contributed by atoms with Crippen LogP contribution in [0.3, 0.4) is 0 Å². The van der Waals surface area contributed by atoms with Gasteiger partial charge in [-0.3, -0.25) is 9.36 Å². The summed E-state index contributed by atoms with van der Waals surface area (Å²) in [5, 5.41) is 18.9. The first kappa shape index (κ1) is 15.0. The quantitative estimate of drug-likeness (QED) is 0.930. The molecule has 7 nitrogen and oxygen atoms in total. The summed E-state index contributed by atoms with van der Waals surface area (Å²) in [6, 6.07) is 9.75. The predicted octanol–water partition coefficient (Wildman–Crippen LogP) is 1.78. The van der Waals surface area contributed by atoms with Crippen LogP contribution in [-0.2, 0) is 11.3 Å².